The van der Waals surface area contributed by atoms with Gasteiger partial charge in [-0.1, -0.05) is 41.4 Å². The second kappa shape index (κ2) is 13.3. The highest BCUT2D eigenvalue weighted by Crippen LogP contribution is 2.35. The summed E-state index contributed by atoms with van der Waals surface area (Å²) in [6, 6.07) is 15.5. The smallest absolute Gasteiger partial charge is 0.251 e. The van der Waals surface area contributed by atoms with Crippen LogP contribution in [-0.2, 0) is 16.2 Å². The molecule has 0 saturated heterocycles. The van der Waals surface area contributed by atoms with Gasteiger partial charge in [-0.3, -0.25) is 14.4 Å². The van der Waals surface area contributed by atoms with Gasteiger partial charge < -0.3 is 20.3 Å². The normalized spacial score (nSPS) is 11.0. The maximum Gasteiger partial charge on any atom is 0.251 e. The molecule has 0 aliphatic rings. The lowest BCUT2D eigenvalue weighted by Crippen LogP contribution is -2.37. The Kier molecular flexibility index (Phi) is 9.54. The van der Waals surface area contributed by atoms with Crippen molar-refractivity contribution in [1.82, 2.24) is 20.6 Å². The number of ether oxygens (including phenoxy) is 1. The molecule has 41 heavy (non-hydrogen) atoms. The lowest BCUT2D eigenvalue weighted by Gasteiger charge is -2.21. The lowest BCUT2D eigenvalue weighted by atomic mass is 10.1. The molecule has 2 N–H and O–H groups in total. The van der Waals surface area contributed by atoms with Gasteiger partial charge >= 0.3 is 0 Å². The van der Waals surface area contributed by atoms with E-state index in [1.165, 1.54) is 11.0 Å². The average Bonchev–Trinajstić information content (AvgIpc) is 2.98. The first-order valence-corrected chi connectivity index (χ1v) is 13.3. The molecule has 0 atom stereocenters. The summed E-state index contributed by atoms with van der Waals surface area (Å²) >= 11 is 13.1. The van der Waals surface area contributed by atoms with Crippen LogP contribution in [0.4, 0.5) is 5.69 Å². The molecule has 1 aromatic heterocycles. The molecule has 0 bridgehead atoms. The zero-order chi connectivity index (χ0) is 29.5. The van der Waals surface area contributed by atoms with E-state index in [0.29, 0.717) is 38.6 Å². The number of para-hydroxylation sites is 1. The predicted molar refractivity (Wildman–Crippen MR) is 160 cm³/mol. The minimum atomic E-state index is -0.452. The van der Waals surface area contributed by atoms with E-state index in [1.54, 1.807) is 68.8 Å². The molecule has 0 spiro atoms. The van der Waals surface area contributed by atoms with Gasteiger partial charge in [0.25, 0.3) is 5.91 Å². The van der Waals surface area contributed by atoms with Crippen molar-refractivity contribution in [3.05, 3.63) is 99.3 Å². The number of nitrogens with zero attached hydrogens (tertiary/aromatic N) is 3. The topological polar surface area (TPSA) is 114 Å². The maximum absolute atomic E-state index is 12.9. The average molecular weight is 592 g/mol. The zero-order valence-corrected chi connectivity index (χ0v) is 24.1. The number of anilines is 1. The Balaban J connectivity index is 1.38. The first kappa shape index (κ1) is 29.5. The van der Waals surface area contributed by atoms with Crippen molar-refractivity contribution in [3.63, 3.8) is 0 Å². The summed E-state index contributed by atoms with van der Waals surface area (Å²) in [5.74, 6) is -0.518. The van der Waals surface area contributed by atoms with E-state index in [1.807, 2.05) is 19.1 Å². The van der Waals surface area contributed by atoms with Gasteiger partial charge in [-0.2, -0.15) is 0 Å². The number of amides is 3. The van der Waals surface area contributed by atoms with Gasteiger partial charge in [0, 0.05) is 42.5 Å². The number of aryl methyl sites for hydroxylation is 1. The van der Waals surface area contributed by atoms with Gasteiger partial charge in [0.15, 0.2) is 0 Å². The van der Waals surface area contributed by atoms with Gasteiger partial charge in [-0.15, -0.1) is 0 Å². The molecule has 11 heteroatoms. The molecule has 1 heterocycles. The van der Waals surface area contributed by atoms with Crippen molar-refractivity contribution in [1.29, 1.82) is 0 Å². The number of fused-ring (bicyclic) bond motifs is 1. The molecule has 0 aliphatic heterocycles. The van der Waals surface area contributed by atoms with Gasteiger partial charge in [-0.25, -0.2) is 9.97 Å². The predicted octanol–water partition coefficient (Wildman–Crippen LogP) is 4.98. The third kappa shape index (κ3) is 7.19. The van der Waals surface area contributed by atoms with Crippen molar-refractivity contribution in [2.24, 2.45) is 0 Å². The van der Waals surface area contributed by atoms with Crippen molar-refractivity contribution in [3.8, 4) is 5.75 Å². The van der Waals surface area contributed by atoms with E-state index in [-0.39, 0.29) is 24.1 Å². The SMILES string of the molecule is CNC(=O)c1ccc(C=CC(=O)NCC(=O)N(C)c2ccc(Cl)c(COc3cccc4nc(C)cnc34)c2Cl)cc1. The molecule has 3 aromatic carbocycles. The Morgan fingerprint density at radius 1 is 1.05 bits per heavy atom. The van der Waals surface area contributed by atoms with Crippen molar-refractivity contribution >= 4 is 63.7 Å². The summed E-state index contributed by atoms with van der Waals surface area (Å²) in [7, 11) is 3.11. The highest BCUT2D eigenvalue weighted by atomic mass is 35.5. The Bertz CT molecular complexity index is 1640. The van der Waals surface area contributed by atoms with E-state index in [4.69, 9.17) is 27.9 Å². The van der Waals surface area contributed by atoms with Crippen LogP contribution in [0.25, 0.3) is 17.1 Å². The summed E-state index contributed by atoms with van der Waals surface area (Å²) in [4.78, 5) is 47.0. The molecule has 0 unspecified atom stereocenters. The fourth-order valence-corrected chi connectivity index (χ4v) is 4.49. The summed E-state index contributed by atoms with van der Waals surface area (Å²) in [5, 5.41) is 5.74. The van der Waals surface area contributed by atoms with Crippen LogP contribution in [0, 0.1) is 6.92 Å². The number of carbonyl (C=O) groups excluding carboxylic acids is 3. The Labute approximate surface area is 247 Å². The molecule has 0 fully saturated rings. The second-order valence-electron chi connectivity index (χ2n) is 8.99. The third-order valence-electron chi connectivity index (χ3n) is 6.17. The number of hydrogen-bond donors (Lipinski definition) is 2. The minimum absolute atomic E-state index is 0.0355. The number of rotatable bonds is 9. The fraction of sp³-hybridized carbons (Fsp3) is 0.167. The van der Waals surface area contributed by atoms with Gasteiger partial charge in [0.2, 0.25) is 11.8 Å². The van der Waals surface area contributed by atoms with E-state index in [2.05, 4.69) is 20.6 Å². The molecule has 3 amide bonds. The highest BCUT2D eigenvalue weighted by Gasteiger charge is 2.19. The van der Waals surface area contributed by atoms with Gasteiger partial charge in [0.05, 0.1) is 28.5 Å². The van der Waals surface area contributed by atoms with Crippen molar-refractivity contribution in [2.45, 2.75) is 13.5 Å². The summed E-state index contributed by atoms with van der Waals surface area (Å²) in [6.45, 7) is 1.64. The number of halogens is 2. The summed E-state index contributed by atoms with van der Waals surface area (Å²) in [5.41, 5.74) is 4.25. The molecule has 0 radical (unpaired) electrons. The highest BCUT2D eigenvalue weighted by molar-refractivity contribution is 6.38. The van der Waals surface area contributed by atoms with Crippen LogP contribution in [0.5, 0.6) is 5.75 Å². The summed E-state index contributed by atoms with van der Waals surface area (Å²) in [6.07, 6.45) is 4.56. The number of nitrogens with one attached hydrogen (secondary N) is 2. The lowest BCUT2D eigenvalue weighted by molar-refractivity contribution is -0.122. The molecular formula is C30H27Cl2N5O4. The van der Waals surface area contributed by atoms with Gasteiger partial charge in [0.1, 0.15) is 17.9 Å². The van der Waals surface area contributed by atoms with Crippen LogP contribution < -0.4 is 20.3 Å². The molecule has 4 aromatic rings. The molecule has 9 nitrogen and oxygen atoms in total. The van der Waals surface area contributed by atoms with Crippen molar-refractivity contribution in [2.75, 3.05) is 25.5 Å². The second-order valence-corrected chi connectivity index (χ2v) is 9.77. The number of likely N-dealkylation sites (N-methyl/N-ethyl adjacent to an activating group) is 1. The molecule has 0 aliphatic carbocycles. The molecule has 210 valence electrons. The van der Waals surface area contributed by atoms with E-state index in [0.717, 1.165) is 11.3 Å². The van der Waals surface area contributed by atoms with E-state index >= 15 is 0 Å². The van der Waals surface area contributed by atoms with Crippen LogP contribution in [0.1, 0.15) is 27.2 Å². The molecule has 4 rings (SSSR count). The maximum atomic E-state index is 12.9. The van der Waals surface area contributed by atoms with Crippen LogP contribution in [0.2, 0.25) is 10.0 Å². The van der Waals surface area contributed by atoms with Crippen LogP contribution >= 0.6 is 23.2 Å². The Morgan fingerprint density at radius 2 is 1.80 bits per heavy atom. The van der Waals surface area contributed by atoms with Crippen molar-refractivity contribution < 1.29 is 19.1 Å². The largest absolute Gasteiger partial charge is 0.486 e. The molecule has 0 saturated carbocycles. The first-order chi connectivity index (χ1) is 19.7. The number of aromatic nitrogens is 2. The standard InChI is InChI=1S/C30H27Cl2N5O4/c1-18-15-35-29-23(36-18)5-4-6-25(29)41-17-21-22(31)12-13-24(28(21)32)37(3)27(39)16-34-26(38)14-9-19-7-10-20(11-8-19)30(40)33-2/h4-15H,16-17H2,1-3H3,(H,33,40)(H,34,38). The first-order valence-electron chi connectivity index (χ1n) is 12.5. The Morgan fingerprint density at radius 3 is 2.54 bits per heavy atom. The van der Waals surface area contributed by atoms with E-state index < -0.39 is 11.8 Å². The van der Waals surface area contributed by atoms with Crippen LogP contribution in [0.3, 0.4) is 0 Å². The van der Waals surface area contributed by atoms with Crippen LogP contribution in [-0.4, -0.2) is 48.3 Å². The quantitative estimate of drug-likeness (QED) is 0.265. The number of benzene rings is 3. The monoisotopic (exact) mass is 591 g/mol. The van der Waals surface area contributed by atoms with Gasteiger partial charge in [-0.05, 0) is 55.0 Å². The number of carbonyl (C=O) groups is 3. The Hall–Kier alpha value is -4.47. The number of hydrogen-bond acceptors (Lipinski definition) is 6. The van der Waals surface area contributed by atoms with E-state index in [9.17, 15) is 14.4 Å². The molecular weight excluding hydrogens is 565 g/mol. The van der Waals surface area contributed by atoms with Crippen LogP contribution in [0.15, 0.2) is 66.9 Å². The minimum Gasteiger partial charge on any atom is -0.486 e. The zero-order valence-electron chi connectivity index (χ0n) is 22.6. The third-order valence-corrected chi connectivity index (χ3v) is 6.94. The summed E-state index contributed by atoms with van der Waals surface area (Å²) < 4.78 is 6.01. The fourth-order valence-electron chi connectivity index (χ4n) is 3.89.